The average molecular weight is 551 g/mol. The van der Waals surface area contributed by atoms with Gasteiger partial charge in [0, 0.05) is 9.13 Å². The minimum atomic E-state index is -4.03. The number of nitrogens with zero attached hydrogens (tertiary/aromatic N) is 2. The quantitative estimate of drug-likeness (QED) is 0.226. The number of fused-ring (bicyclic) bond motifs is 1. The Morgan fingerprint density at radius 3 is 2.57 bits per heavy atom. The molecule has 10 heteroatoms. The number of amides is 1. The molecular weight excluding hydrogens is 537 g/mol. The van der Waals surface area contributed by atoms with Crippen molar-refractivity contribution in [3.05, 3.63) is 69.8 Å². The lowest BCUT2D eigenvalue weighted by atomic mass is 10.0. The standard InChI is InChI=1S/C20H14IN3O4S2/c21-14-6-8-15(9-7-14)30(26,27)28-18-10-5-13-3-1-2-4-16(13)17(18)11-22-24-20-23-19(25)12-29-20/h1-11H,12H2,(H,23,24,25). The molecule has 1 fully saturated rings. The number of carbonyl (C=O) groups excluding carboxylic acids is 1. The maximum atomic E-state index is 12.8. The molecule has 0 unspecified atom stereocenters. The molecule has 0 aliphatic carbocycles. The summed E-state index contributed by atoms with van der Waals surface area (Å²) in [7, 11) is -4.03. The third-order valence-corrected chi connectivity index (χ3v) is 6.99. The molecule has 0 radical (unpaired) electrons. The lowest BCUT2D eigenvalue weighted by molar-refractivity contribution is -0.116. The van der Waals surface area contributed by atoms with Gasteiger partial charge in [-0.25, -0.2) is 0 Å². The van der Waals surface area contributed by atoms with Crippen LogP contribution in [0.15, 0.2) is 75.8 Å². The van der Waals surface area contributed by atoms with Crippen molar-refractivity contribution in [1.82, 2.24) is 5.32 Å². The number of rotatable bonds is 5. The maximum Gasteiger partial charge on any atom is 0.339 e. The van der Waals surface area contributed by atoms with Crippen molar-refractivity contribution in [2.45, 2.75) is 4.90 Å². The van der Waals surface area contributed by atoms with Gasteiger partial charge in [-0.1, -0.05) is 42.1 Å². The van der Waals surface area contributed by atoms with E-state index in [-0.39, 0.29) is 16.6 Å². The summed E-state index contributed by atoms with van der Waals surface area (Å²) >= 11 is 3.35. The molecule has 1 amide bonds. The predicted octanol–water partition coefficient (Wildman–Crippen LogP) is 3.77. The zero-order valence-corrected chi connectivity index (χ0v) is 19.1. The summed E-state index contributed by atoms with van der Waals surface area (Å²) in [4.78, 5) is 11.3. The number of hydrogen-bond donors (Lipinski definition) is 1. The highest BCUT2D eigenvalue weighted by atomic mass is 127. The van der Waals surface area contributed by atoms with E-state index in [2.05, 4.69) is 38.1 Å². The van der Waals surface area contributed by atoms with Crippen LogP contribution < -0.4 is 9.50 Å². The summed E-state index contributed by atoms with van der Waals surface area (Å²) < 4.78 is 31.9. The molecule has 0 saturated carbocycles. The first kappa shape index (κ1) is 20.8. The van der Waals surface area contributed by atoms with Gasteiger partial charge in [-0.15, -0.1) is 5.10 Å². The molecule has 1 aliphatic heterocycles. The zero-order chi connectivity index (χ0) is 21.1. The topological polar surface area (TPSA) is 97.2 Å². The van der Waals surface area contributed by atoms with Gasteiger partial charge in [0.1, 0.15) is 4.90 Å². The van der Waals surface area contributed by atoms with Gasteiger partial charge in [0.25, 0.3) is 0 Å². The van der Waals surface area contributed by atoms with Gasteiger partial charge in [-0.2, -0.15) is 13.5 Å². The van der Waals surface area contributed by atoms with Gasteiger partial charge in [0.2, 0.25) is 5.91 Å². The van der Waals surface area contributed by atoms with Crippen molar-refractivity contribution in [2.75, 3.05) is 5.75 Å². The third-order valence-electron chi connectivity index (χ3n) is 4.15. The van der Waals surface area contributed by atoms with Crippen molar-refractivity contribution >= 4 is 72.5 Å². The first-order valence-electron chi connectivity index (χ1n) is 8.68. The van der Waals surface area contributed by atoms with Crippen molar-refractivity contribution in [3.8, 4) is 5.75 Å². The van der Waals surface area contributed by atoms with Crippen LogP contribution in [0.3, 0.4) is 0 Å². The van der Waals surface area contributed by atoms with E-state index in [9.17, 15) is 13.2 Å². The summed E-state index contributed by atoms with van der Waals surface area (Å²) in [6.45, 7) is 0. The highest BCUT2D eigenvalue weighted by molar-refractivity contribution is 14.1. The summed E-state index contributed by atoms with van der Waals surface area (Å²) in [5, 5.41) is 12.7. The Morgan fingerprint density at radius 1 is 1.07 bits per heavy atom. The van der Waals surface area contributed by atoms with Gasteiger partial charge < -0.3 is 9.50 Å². The number of benzene rings is 3. The van der Waals surface area contributed by atoms with Crippen LogP contribution in [-0.4, -0.2) is 31.5 Å². The zero-order valence-electron chi connectivity index (χ0n) is 15.3. The van der Waals surface area contributed by atoms with Crippen molar-refractivity contribution in [1.29, 1.82) is 0 Å². The molecule has 0 aromatic heterocycles. The van der Waals surface area contributed by atoms with E-state index in [1.807, 2.05) is 24.3 Å². The highest BCUT2D eigenvalue weighted by Crippen LogP contribution is 2.29. The van der Waals surface area contributed by atoms with E-state index in [0.29, 0.717) is 16.5 Å². The largest absolute Gasteiger partial charge is 0.378 e. The van der Waals surface area contributed by atoms with E-state index in [0.717, 1.165) is 14.3 Å². The fourth-order valence-corrected chi connectivity index (χ4v) is 4.71. The molecule has 0 atom stereocenters. The van der Waals surface area contributed by atoms with Gasteiger partial charge in [0.05, 0.1) is 12.0 Å². The van der Waals surface area contributed by atoms with E-state index >= 15 is 0 Å². The van der Waals surface area contributed by atoms with E-state index in [1.165, 1.54) is 30.1 Å². The summed E-state index contributed by atoms with van der Waals surface area (Å²) in [6.07, 6.45) is 1.43. The van der Waals surface area contributed by atoms with Crippen LogP contribution in [0.25, 0.3) is 10.8 Å². The fourth-order valence-electron chi connectivity index (χ4n) is 2.77. The molecular formula is C20H14IN3O4S2. The number of amidine groups is 1. The Bertz CT molecular complexity index is 1290. The third kappa shape index (κ3) is 4.65. The predicted molar refractivity (Wildman–Crippen MR) is 127 cm³/mol. The first-order valence-corrected chi connectivity index (χ1v) is 12.2. The maximum absolute atomic E-state index is 12.8. The normalized spacial score (nSPS) is 15.8. The molecule has 3 aromatic rings. The van der Waals surface area contributed by atoms with Gasteiger partial charge in [0.15, 0.2) is 10.9 Å². The minimum Gasteiger partial charge on any atom is -0.378 e. The van der Waals surface area contributed by atoms with Gasteiger partial charge in [-0.05, 0) is 63.7 Å². The summed E-state index contributed by atoms with van der Waals surface area (Å²) in [6, 6.07) is 17.2. The monoisotopic (exact) mass is 551 g/mol. The highest BCUT2D eigenvalue weighted by Gasteiger charge is 2.20. The Balaban J connectivity index is 1.73. The lowest BCUT2D eigenvalue weighted by Crippen LogP contribution is -2.19. The first-order chi connectivity index (χ1) is 14.4. The fraction of sp³-hybridized carbons (Fsp3) is 0.0500. The van der Waals surface area contributed by atoms with Crippen LogP contribution in [0.5, 0.6) is 5.75 Å². The van der Waals surface area contributed by atoms with Gasteiger partial charge in [-0.3, -0.25) is 4.79 Å². The number of nitrogens with one attached hydrogen (secondary N) is 1. The molecule has 1 saturated heterocycles. The minimum absolute atomic E-state index is 0.0595. The van der Waals surface area contributed by atoms with E-state index in [4.69, 9.17) is 4.18 Å². The lowest BCUT2D eigenvalue weighted by Gasteiger charge is -2.11. The van der Waals surface area contributed by atoms with E-state index in [1.54, 1.807) is 24.3 Å². The molecule has 1 N–H and O–H groups in total. The molecule has 1 aliphatic rings. The second-order valence-electron chi connectivity index (χ2n) is 6.18. The SMILES string of the molecule is O=C1CS/C(=N\N=Cc2c(OS(=O)(=O)c3ccc(I)cc3)ccc3ccccc23)N1. The summed E-state index contributed by atoms with van der Waals surface area (Å²) in [5.74, 6) is 0.302. The van der Waals surface area contributed by atoms with Crippen LogP contribution in [0, 0.1) is 3.57 Å². The van der Waals surface area contributed by atoms with E-state index < -0.39 is 10.1 Å². The average Bonchev–Trinajstić information content (AvgIpc) is 3.14. The van der Waals surface area contributed by atoms with Crippen LogP contribution >= 0.6 is 34.4 Å². The van der Waals surface area contributed by atoms with Crippen LogP contribution in [-0.2, 0) is 14.9 Å². The van der Waals surface area contributed by atoms with Crippen LogP contribution in [0.4, 0.5) is 0 Å². The molecule has 3 aromatic carbocycles. The smallest absolute Gasteiger partial charge is 0.339 e. The van der Waals surface area contributed by atoms with Crippen molar-refractivity contribution < 1.29 is 17.4 Å². The number of thioether (sulfide) groups is 1. The molecule has 1 heterocycles. The summed E-state index contributed by atoms with van der Waals surface area (Å²) in [5.41, 5.74) is 0.473. The second-order valence-corrected chi connectivity index (χ2v) is 9.93. The Labute approximate surface area is 190 Å². The molecule has 0 bridgehead atoms. The molecule has 30 heavy (non-hydrogen) atoms. The molecule has 152 valence electrons. The Kier molecular flexibility index (Phi) is 6.06. The Hall–Kier alpha value is -2.44. The molecule has 4 rings (SSSR count). The molecule has 0 spiro atoms. The van der Waals surface area contributed by atoms with Crippen LogP contribution in [0.1, 0.15) is 5.56 Å². The van der Waals surface area contributed by atoms with Gasteiger partial charge >= 0.3 is 10.1 Å². The molecule has 7 nitrogen and oxygen atoms in total. The number of carbonyl (C=O) groups is 1. The van der Waals surface area contributed by atoms with Crippen molar-refractivity contribution in [3.63, 3.8) is 0 Å². The van der Waals surface area contributed by atoms with Crippen LogP contribution in [0.2, 0.25) is 0 Å². The second kappa shape index (κ2) is 8.74. The number of halogens is 1. The Morgan fingerprint density at radius 2 is 1.83 bits per heavy atom. The number of hydrogen-bond acceptors (Lipinski definition) is 7. The van der Waals surface area contributed by atoms with Crippen molar-refractivity contribution in [2.24, 2.45) is 10.2 Å².